The Bertz CT molecular complexity index is 343. The second-order valence-corrected chi connectivity index (χ2v) is 6.19. The zero-order valence-electron chi connectivity index (χ0n) is 18.0. The monoisotopic (exact) mass is 422 g/mol. The van der Waals surface area contributed by atoms with Gasteiger partial charge in [0.2, 0.25) is 0 Å². The fraction of sp³-hybridized carbons (Fsp3) is 0.900. The van der Waals surface area contributed by atoms with E-state index in [2.05, 4.69) is 0 Å². The van der Waals surface area contributed by atoms with Crippen molar-refractivity contribution in [2.45, 2.75) is 26.7 Å². The summed E-state index contributed by atoms with van der Waals surface area (Å²) in [5.74, 6) is 0.254. The SMILES string of the molecule is CC(=O)CCOCCOCCOCCOCCOCCOCCOCCC(C)=O. The van der Waals surface area contributed by atoms with Gasteiger partial charge in [-0.25, -0.2) is 0 Å². The molecule has 0 spiro atoms. The van der Waals surface area contributed by atoms with Crippen molar-refractivity contribution in [2.24, 2.45) is 0 Å². The van der Waals surface area contributed by atoms with Gasteiger partial charge in [-0.05, 0) is 13.8 Å². The topological polar surface area (TPSA) is 98.8 Å². The molecule has 0 aromatic rings. The molecule has 0 saturated carbocycles. The minimum absolute atomic E-state index is 0.127. The molecular formula is C20H38O9. The van der Waals surface area contributed by atoms with Gasteiger partial charge >= 0.3 is 0 Å². The lowest BCUT2D eigenvalue weighted by atomic mass is 10.3. The maximum Gasteiger partial charge on any atom is 0.132 e. The van der Waals surface area contributed by atoms with E-state index in [0.29, 0.717) is 105 Å². The lowest BCUT2D eigenvalue weighted by Crippen LogP contribution is -2.14. The molecule has 0 bridgehead atoms. The summed E-state index contributed by atoms with van der Waals surface area (Å²) < 4.78 is 37.3. The molecule has 9 heteroatoms. The van der Waals surface area contributed by atoms with Gasteiger partial charge in [0.15, 0.2) is 0 Å². The first-order chi connectivity index (χ1) is 14.1. The maximum absolute atomic E-state index is 10.7. The minimum atomic E-state index is 0.127. The summed E-state index contributed by atoms with van der Waals surface area (Å²) in [5, 5.41) is 0. The third-order valence-corrected chi connectivity index (χ3v) is 3.43. The molecule has 172 valence electrons. The number of hydrogen-bond donors (Lipinski definition) is 0. The Morgan fingerprint density at radius 1 is 0.379 bits per heavy atom. The molecule has 0 N–H and O–H groups in total. The van der Waals surface area contributed by atoms with E-state index >= 15 is 0 Å². The highest BCUT2D eigenvalue weighted by atomic mass is 16.6. The van der Waals surface area contributed by atoms with Gasteiger partial charge in [-0.3, -0.25) is 9.59 Å². The summed E-state index contributed by atoms with van der Waals surface area (Å²) in [4.78, 5) is 21.4. The van der Waals surface area contributed by atoms with Crippen molar-refractivity contribution in [3.05, 3.63) is 0 Å². The molecule has 0 atom stereocenters. The van der Waals surface area contributed by atoms with E-state index in [1.165, 1.54) is 0 Å². The van der Waals surface area contributed by atoms with Crippen molar-refractivity contribution in [3.8, 4) is 0 Å². The number of ketones is 2. The lowest BCUT2D eigenvalue weighted by Gasteiger charge is -2.08. The van der Waals surface area contributed by atoms with Crippen LogP contribution < -0.4 is 0 Å². The molecule has 0 heterocycles. The highest BCUT2D eigenvalue weighted by Crippen LogP contribution is 1.88. The Morgan fingerprint density at radius 3 is 0.724 bits per heavy atom. The molecule has 0 aliphatic heterocycles. The molecule has 29 heavy (non-hydrogen) atoms. The minimum Gasteiger partial charge on any atom is -0.379 e. The molecule has 0 aromatic carbocycles. The van der Waals surface area contributed by atoms with Gasteiger partial charge < -0.3 is 33.2 Å². The van der Waals surface area contributed by atoms with E-state index in [-0.39, 0.29) is 11.6 Å². The molecule has 0 fully saturated rings. The Labute approximate surface area is 174 Å². The molecule has 0 aliphatic rings. The van der Waals surface area contributed by atoms with Crippen LogP contribution in [0.3, 0.4) is 0 Å². The number of Topliss-reactive ketones (excluding diaryl/α,β-unsaturated/α-hetero) is 2. The summed E-state index contributed by atoms with van der Waals surface area (Å²) in [5.41, 5.74) is 0. The highest BCUT2D eigenvalue weighted by molar-refractivity contribution is 5.75. The lowest BCUT2D eigenvalue weighted by molar-refractivity contribution is -0.119. The molecule has 0 radical (unpaired) electrons. The van der Waals surface area contributed by atoms with Crippen LogP contribution in [0.5, 0.6) is 0 Å². The second-order valence-electron chi connectivity index (χ2n) is 6.19. The predicted molar refractivity (Wildman–Crippen MR) is 106 cm³/mol. The largest absolute Gasteiger partial charge is 0.379 e. The third-order valence-electron chi connectivity index (χ3n) is 3.43. The van der Waals surface area contributed by atoms with Gasteiger partial charge in [-0.15, -0.1) is 0 Å². The van der Waals surface area contributed by atoms with Crippen LogP contribution in [0.1, 0.15) is 26.7 Å². The molecule has 0 unspecified atom stereocenters. The van der Waals surface area contributed by atoms with Crippen molar-refractivity contribution < 1.29 is 42.7 Å². The Morgan fingerprint density at radius 2 is 0.552 bits per heavy atom. The zero-order chi connectivity index (χ0) is 21.4. The molecule has 0 rings (SSSR count). The number of rotatable bonds is 24. The Kier molecular flexibility index (Phi) is 22.6. The first-order valence-electron chi connectivity index (χ1n) is 10.2. The van der Waals surface area contributed by atoms with Gasteiger partial charge in [0.1, 0.15) is 11.6 Å². The molecule has 0 aliphatic carbocycles. The summed E-state index contributed by atoms with van der Waals surface area (Å²) >= 11 is 0. The van der Waals surface area contributed by atoms with Crippen molar-refractivity contribution >= 4 is 11.6 Å². The second kappa shape index (κ2) is 23.3. The van der Waals surface area contributed by atoms with Crippen molar-refractivity contribution in [1.29, 1.82) is 0 Å². The van der Waals surface area contributed by atoms with E-state index in [1.54, 1.807) is 13.8 Å². The first kappa shape index (κ1) is 28.1. The average molecular weight is 423 g/mol. The molecular weight excluding hydrogens is 384 g/mol. The van der Waals surface area contributed by atoms with Gasteiger partial charge in [0, 0.05) is 12.8 Å². The molecule has 9 nitrogen and oxygen atoms in total. The van der Waals surface area contributed by atoms with E-state index < -0.39 is 0 Å². The Balaban J connectivity index is 3.01. The van der Waals surface area contributed by atoms with Crippen LogP contribution in [0.25, 0.3) is 0 Å². The number of ether oxygens (including phenoxy) is 7. The summed E-state index contributed by atoms with van der Waals surface area (Å²) in [6, 6.07) is 0. The quantitative estimate of drug-likeness (QED) is 0.211. The van der Waals surface area contributed by atoms with Crippen molar-refractivity contribution in [1.82, 2.24) is 0 Å². The van der Waals surface area contributed by atoms with E-state index in [1.807, 2.05) is 0 Å². The van der Waals surface area contributed by atoms with Crippen LogP contribution in [0.2, 0.25) is 0 Å². The standard InChI is InChI=1S/C20H38O9/c1-19(21)3-5-23-7-9-25-11-13-27-15-17-29-18-16-28-14-12-26-10-8-24-6-4-20(2)22/h3-18H2,1-2H3. The predicted octanol–water partition coefficient (Wildman–Crippen LogP) is 1.06. The van der Waals surface area contributed by atoms with Crippen LogP contribution >= 0.6 is 0 Å². The van der Waals surface area contributed by atoms with Crippen molar-refractivity contribution in [3.63, 3.8) is 0 Å². The van der Waals surface area contributed by atoms with E-state index in [9.17, 15) is 9.59 Å². The van der Waals surface area contributed by atoms with Crippen LogP contribution in [-0.2, 0) is 42.7 Å². The fourth-order valence-corrected chi connectivity index (χ4v) is 1.85. The highest BCUT2D eigenvalue weighted by Gasteiger charge is 1.96. The van der Waals surface area contributed by atoms with Gasteiger partial charge in [0.05, 0.1) is 92.5 Å². The Hall–Kier alpha value is -0.940. The zero-order valence-corrected chi connectivity index (χ0v) is 18.0. The van der Waals surface area contributed by atoms with Gasteiger partial charge in [-0.1, -0.05) is 0 Å². The van der Waals surface area contributed by atoms with Crippen LogP contribution in [-0.4, -0.2) is 104 Å². The third kappa shape index (κ3) is 27.1. The smallest absolute Gasteiger partial charge is 0.132 e. The van der Waals surface area contributed by atoms with Crippen molar-refractivity contribution in [2.75, 3.05) is 92.5 Å². The number of carbonyl (C=O) groups excluding carboxylic acids is 2. The van der Waals surface area contributed by atoms with Crippen LogP contribution in [0, 0.1) is 0 Å². The van der Waals surface area contributed by atoms with Gasteiger partial charge in [-0.2, -0.15) is 0 Å². The molecule has 0 amide bonds. The summed E-state index contributed by atoms with van der Waals surface area (Å²) in [6.07, 6.45) is 0.892. The van der Waals surface area contributed by atoms with E-state index in [4.69, 9.17) is 33.2 Å². The average Bonchev–Trinajstić information content (AvgIpc) is 2.68. The molecule has 0 aromatic heterocycles. The van der Waals surface area contributed by atoms with Crippen LogP contribution in [0.4, 0.5) is 0 Å². The summed E-state index contributed by atoms with van der Waals surface area (Å²) in [7, 11) is 0. The van der Waals surface area contributed by atoms with Crippen LogP contribution in [0.15, 0.2) is 0 Å². The first-order valence-corrected chi connectivity index (χ1v) is 10.2. The number of carbonyl (C=O) groups is 2. The maximum atomic E-state index is 10.7. The fourth-order valence-electron chi connectivity index (χ4n) is 1.85. The molecule has 0 saturated heterocycles. The number of hydrogen-bond acceptors (Lipinski definition) is 9. The van der Waals surface area contributed by atoms with Gasteiger partial charge in [0.25, 0.3) is 0 Å². The summed E-state index contributed by atoms with van der Waals surface area (Å²) in [6.45, 7) is 9.96. The normalized spacial score (nSPS) is 11.1. The van der Waals surface area contributed by atoms with E-state index in [0.717, 1.165) is 0 Å².